The van der Waals surface area contributed by atoms with E-state index < -0.39 is 5.79 Å². The van der Waals surface area contributed by atoms with E-state index in [9.17, 15) is 0 Å². The standard InChI is InChI=1S/C19H40O3/c1-5-9-10-11-12-13-14-15-19(21-7-3,22-8-4)16-18-20-17-6-2/h5-18H2,1-4H3. The van der Waals surface area contributed by atoms with Crippen molar-refractivity contribution in [2.75, 3.05) is 26.4 Å². The molecule has 0 heterocycles. The van der Waals surface area contributed by atoms with Crippen molar-refractivity contribution in [3.05, 3.63) is 0 Å². The van der Waals surface area contributed by atoms with Crippen molar-refractivity contribution >= 4 is 0 Å². The van der Waals surface area contributed by atoms with E-state index in [-0.39, 0.29) is 0 Å². The van der Waals surface area contributed by atoms with Crippen LogP contribution >= 0.6 is 0 Å². The SMILES string of the molecule is CCCCCCCCCC(CCOCCC)(OCC)OCC. The first-order valence-corrected chi connectivity index (χ1v) is 9.60. The lowest BCUT2D eigenvalue weighted by Gasteiger charge is -2.33. The van der Waals surface area contributed by atoms with Crippen molar-refractivity contribution in [3.8, 4) is 0 Å². The molecule has 0 aliphatic carbocycles. The van der Waals surface area contributed by atoms with Crippen LogP contribution in [0.15, 0.2) is 0 Å². The summed E-state index contributed by atoms with van der Waals surface area (Å²) in [5.41, 5.74) is 0. The molecule has 0 N–H and O–H groups in total. The van der Waals surface area contributed by atoms with Crippen LogP contribution in [0, 0.1) is 0 Å². The first-order chi connectivity index (χ1) is 10.7. The molecule has 0 aliphatic rings. The molecule has 22 heavy (non-hydrogen) atoms. The highest BCUT2D eigenvalue weighted by Gasteiger charge is 2.30. The van der Waals surface area contributed by atoms with Crippen LogP contribution < -0.4 is 0 Å². The van der Waals surface area contributed by atoms with E-state index in [1.807, 2.05) is 13.8 Å². The van der Waals surface area contributed by atoms with Gasteiger partial charge in [-0.25, -0.2) is 0 Å². The fraction of sp³-hybridized carbons (Fsp3) is 1.00. The van der Waals surface area contributed by atoms with E-state index in [4.69, 9.17) is 14.2 Å². The second-order valence-electron chi connectivity index (χ2n) is 6.01. The van der Waals surface area contributed by atoms with E-state index in [1.54, 1.807) is 0 Å². The van der Waals surface area contributed by atoms with Gasteiger partial charge in [-0.2, -0.15) is 0 Å². The molecule has 0 aromatic rings. The van der Waals surface area contributed by atoms with Gasteiger partial charge in [0.2, 0.25) is 0 Å². The molecule has 0 rings (SSSR count). The normalized spacial score (nSPS) is 12.0. The fourth-order valence-corrected chi connectivity index (χ4v) is 2.81. The van der Waals surface area contributed by atoms with Gasteiger partial charge in [0.15, 0.2) is 5.79 Å². The highest BCUT2D eigenvalue weighted by atomic mass is 16.7. The molecule has 134 valence electrons. The largest absolute Gasteiger partial charge is 0.381 e. The first kappa shape index (κ1) is 21.9. The third-order valence-electron chi connectivity index (χ3n) is 3.95. The molecule has 0 fully saturated rings. The lowest BCUT2D eigenvalue weighted by atomic mass is 10.0. The second kappa shape index (κ2) is 15.8. The Labute approximate surface area is 139 Å². The lowest BCUT2D eigenvalue weighted by molar-refractivity contribution is -0.246. The van der Waals surface area contributed by atoms with Gasteiger partial charge in [-0.15, -0.1) is 0 Å². The molecule has 0 aliphatic heterocycles. The molecule has 0 bridgehead atoms. The number of unbranched alkanes of at least 4 members (excludes halogenated alkanes) is 6. The summed E-state index contributed by atoms with van der Waals surface area (Å²) in [5.74, 6) is -0.430. The second-order valence-corrected chi connectivity index (χ2v) is 6.01. The number of hydrogen-bond acceptors (Lipinski definition) is 3. The van der Waals surface area contributed by atoms with Gasteiger partial charge < -0.3 is 14.2 Å². The molecule has 0 aromatic carbocycles. The van der Waals surface area contributed by atoms with Gasteiger partial charge in [-0.05, 0) is 26.7 Å². The van der Waals surface area contributed by atoms with Crippen LogP contribution in [0.5, 0.6) is 0 Å². The van der Waals surface area contributed by atoms with Crippen LogP contribution in [0.4, 0.5) is 0 Å². The van der Waals surface area contributed by atoms with Crippen LogP contribution in [-0.2, 0) is 14.2 Å². The Hall–Kier alpha value is -0.120. The predicted octanol–water partition coefficient (Wildman–Crippen LogP) is 5.71. The molecule has 0 saturated carbocycles. The quantitative estimate of drug-likeness (QED) is 0.254. The van der Waals surface area contributed by atoms with Gasteiger partial charge in [0.25, 0.3) is 0 Å². The minimum Gasteiger partial charge on any atom is -0.381 e. The van der Waals surface area contributed by atoms with Crippen molar-refractivity contribution < 1.29 is 14.2 Å². The van der Waals surface area contributed by atoms with Crippen LogP contribution in [0.25, 0.3) is 0 Å². The fourth-order valence-electron chi connectivity index (χ4n) is 2.81. The Morgan fingerprint density at radius 3 is 1.73 bits per heavy atom. The highest BCUT2D eigenvalue weighted by Crippen LogP contribution is 2.26. The molecule has 0 unspecified atom stereocenters. The Morgan fingerprint density at radius 2 is 1.18 bits per heavy atom. The molecule has 3 nitrogen and oxygen atoms in total. The van der Waals surface area contributed by atoms with Crippen LogP contribution in [-0.4, -0.2) is 32.2 Å². The monoisotopic (exact) mass is 316 g/mol. The Balaban J connectivity index is 4.08. The molecule has 0 amide bonds. The minimum absolute atomic E-state index is 0.430. The van der Waals surface area contributed by atoms with Crippen LogP contribution in [0.3, 0.4) is 0 Å². The van der Waals surface area contributed by atoms with Crippen molar-refractivity contribution in [3.63, 3.8) is 0 Å². The molecular weight excluding hydrogens is 276 g/mol. The summed E-state index contributed by atoms with van der Waals surface area (Å²) in [6, 6.07) is 0. The number of ether oxygens (including phenoxy) is 3. The molecule has 0 radical (unpaired) electrons. The third kappa shape index (κ3) is 11.4. The lowest BCUT2D eigenvalue weighted by Crippen LogP contribution is -2.37. The molecule has 3 heteroatoms. The topological polar surface area (TPSA) is 27.7 Å². The molecule has 0 atom stereocenters. The van der Waals surface area contributed by atoms with E-state index in [2.05, 4.69) is 13.8 Å². The zero-order chi connectivity index (χ0) is 16.5. The van der Waals surface area contributed by atoms with Crippen molar-refractivity contribution in [2.24, 2.45) is 0 Å². The smallest absolute Gasteiger partial charge is 0.170 e. The maximum Gasteiger partial charge on any atom is 0.170 e. The zero-order valence-corrected chi connectivity index (χ0v) is 15.6. The van der Waals surface area contributed by atoms with Crippen molar-refractivity contribution in [1.29, 1.82) is 0 Å². The van der Waals surface area contributed by atoms with Crippen LogP contribution in [0.1, 0.15) is 91.9 Å². The summed E-state index contributed by atoms with van der Waals surface area (Å²) in [5, 5.41) is 0. The van der Waals surface area contributed by atoms with E-state index >= 15 is 0 Å². The summed E-state index contributed by atoms with van der Waals surface area (Å²) in [6.45, 7) is 11.4. The predicted molar refractivity (Wildman–Crippen MR) is 94.3 cm³/mol. The summed E-state index contributed by atoms with van der Waals surface area (Å²) in [7, 11) is 0. The van der Waals surface area contributed by atoms with Gasteiger partial charge in [0.05, 0.1) is 6.61 Å². The maximum atomic E-state index is 5.99. The molecule has 0 spiro atoms. The van der Waals surface area contributed by atoms with Gasteiger partial charge in [0.1, 0.15) is 0 Å². The van der Waals surface area contributed by atoms with Crippen molar-refractivity contribution in [1.82, 2.24) is 0 Å². The highest BCUT2D eigenvalue weighted by molar-refractivity contribution is 4.70. The van der Waals surface area contributed by atoms with E-state index in [1.165, 1.54) is 44.9 Å². The van der Waals surface area contributed by atoms with Gasteiger partial charge in [-0.3, -0.25) is 0 Å². The molecule has 0 aromatic heterocycles. The maximum absolute atomic E-state index is 5.99. The van der Waals surface area contributed by atoms with Crippen LogP contribution in [0.2, 0.25) is 0 Å². The van der Waals surface area contributed by atoms with Crippen molar-refractivity contribution in [2.45, 2.75) is 97.7 Å². The summed E-state index contributed by atoms with van der Waals surface area (Å²) < 4.78 is 17.6. The Kier molecular flexibility index (Phi) is 15.7. The minimum atomic E-state index is -0.430. The number of rotatable bonds is 17. The van der Waals surface area contributed by atoms with E-state index in [0.717, 1.165) is 32.5 Å². The molecule has 0 saturated heterocycles. The van der Waals surface area contributed by atoms with Gasteiger partial charge in [-0.1, -0.05) is 52.4 Å². The Morgan fingerprint density at radius 1 is 0.591 bits per heavy atom. The number of hydrogen-bond donors (Lipinski definition) is 0. The Bertz CT molecular complexity index is 213. The van der Waals surface area contributed by atoms with E-state index in [0.29, 0.717) is 13.2 Å². The third-order valence-corrected chi connectivity index (χ3v) is 3.95. The van der Waals surface area contributed by atoms with Gasteiger partial charge in [0, 0.05) is 32.7 Å². The summed E-state index contributed by atoms with van der Waals surface area (Å²) >= 11 is 0. The average molecular weight is 317 g/mol. The first-order valence-electron chi connectivity index (χ1n) is 9.60. The average Bonchev–Trinajstić information content (AvgIpc) is 2.51. The summed E-state index contributed by atoms with van der Waals surface area (Å²) in [6.07, 6.45) is 12.1. The van der Waals surface area contributed by atoms with Gasteiger partial charge >= 0.3 is 0 Å². The summed E-state index contributed by atoms with van der Waals surface area (Å²) in [4.78, 5) is 0. The zero-order valence-electron chi connectivity index (χ0n) is 15.6. The molecular formula is C19H40O3.